The van der Waals surface area contributed by atoms with E-state index in [2.05, 4.69) is 0 Å². The zero-order valence-corrected chi connectivity index (χ0v) is 6.73. The topological polar surface area (TPSA) is 69.1 Å². The largest absolute Gasteiger partial charge is 0.395 e. The van der Waals surface area contributed by atoms with Crippen LogP contribution >= 0.6 is 11.6 Å². The summed E-state index contributed by atoms with van der Waals surface area (Å²) in [5.41, 5.74) is 9.55. The van der Waals surface area contributed by atoms with Crippen molar-refractivity contribution in [3.05, 3.63) is 28.5 Å². The molecule has 1 amide bonds. The van der Waals surface area contributed by atoms with Gasteiger partial charge >= 0.3 is 0 Å². The van der Waals surface area contributed by atoms with Crippen molar-refractivity contribution in [3.63, 3.8) is 0 Å². The van der Waals surface area contributed by atoms with Gasteiger partial charge in [0.2, 0.25) is 0 Å². The van der Waals surface area contributed by atoms with Crippen molar-refractivity contribution in [3.8, 4) is 0 Å². The number of anilines is 1. The molecule has 1 aromatic rings. The first kappa shape index (κ1) is 8.80. The molecule has 0 unspecified atom stereocenters. The number of hydrogen-bond donors (Lipinski definition) is 2. The first-order valence-corrected chi connectivity index (χ1v) is 3.45. The van der Waals surface area contributed by atoms with E-state index >= 15 is 0 Å². The normalized spacial score (nSPS) is 9.83. The van der Waals surface area contributed by atoms with Crippen LogP contribution in [0.3, 0.4) is 0 Å². The van der Waals surface area contributed by atoms with Gasteiger partial charge in [-0.25, -0.2) is 4.39 Å². The monoisotopic (exact) mass is 188 g/mol. The van der Waals surface area contributed by atoms with Crippen molar-refractivity contribution < 1.29 is 9.18 Å². The Kier molecular flexibility index (Phi) is 2.19. The van der Waals surface area contributed by atoms with Crippen LogP contribution < -0.4 is 11.5 Å². The van der Waals surface area contributed by atoms with Gasteiger partial charge in [0, 0.05) is 0 Å². The second-order valence-corrected chi connectivity index (χ2v) is 2.59. The Labute approximate surface area is 73.1 Å². The van der Waals surface area contributed by atoms with Gasteiger partial charge in [0.25, 0.3) is 5.91 Å². The number of carbonyl (C=O) groups excluding carboxylic acids is 1. The van der Waals surface area contributed by atoms with Gasteiger partial charge in [0.05, 0.1) is 16.3 Å². The van der Waals surface area contributed by atoms with Crippen molar-refractivity contribution in [2.75, 3.05) is 5.73 Å². The minimum Gasteiger partial charge on any atom is -0.395 e. The van der Waals surface area contributed by atoms with Crippen LogP contribution in [0, 0.1) is 5.82 Å². The zero-order chi connectivity index (χ0) is 9.30. The van der Waals surface area contributed by atoms with Crippen LogP contribution in [-0.4, -0.2) is 5.91 Å². The Balaban J connectivity index is 3.36. The van der Waals surface area contributed by atoms with Crippen molar-refractivity contribution in [2.45, 2.75) is 0 Å². The highest BCUT2D eigenvalue weighted by molar-refractivity contribution is 6.33. The van der Waals surface area contributed by atoms with E-state index in [9.17, 15) is 9.18 Å². The van der Waals surface area contributed by atoms with Crippen molar-refractivity contribution in [1.29, 1.82) is 0 Å². The summed E-state index contributed by atoms with van der Waals surface area (Å²) in [6.45, 7) is 0. The highest BCUT2D eigenvalue weighted by Gasteiger charge is 2.12. The third kappa shape index (κ3) is 1.33. The minimum atomic E-state index is -0.866. The number of nitrogens with two attached hydrogens (primary N) is 2. The molecular weight excluding hydrogens is 183 g/mol. The van der Waals surface area contributed by atoms with Crippen LogP contribution in [0.2, 0.25) is 5.02 Å². The van der Waals surface area contributed by atoms with Gasteiger partial charge in [-0.15, -0.1) is 0 Å². The fraction of sp³-hybridized carbons (Fsp3) is 0. The lowest BCUT2D eigenvalue weighted by molar-refractivity contribution is 0.0996. The maximum atomic E-state index is 13.0. The summed E-state index contributed by atoms with van der Waals surface area (Å²) in [6, 6.07) is 2.51. The Hall–Kier alpha value is -1.29. The molecule has 12 heavy (non-hydrogen) atoms. The average Bonchev–Trinajstić information content (AvgIpc) is 2.00. The molecule has 3 nitrogen and oxygen atoms in total. The van der Waals surface area contributed by atoms with Gasteiger partial charge in [-0.2, -0.15) is 0 Å². The summed E-state index contributed by atoms with van der Waals surface area (Å²) in [5.74, 6) is -1.73. The number of halogens is 2. The van der Waals surface area contributed by atoms with E-state index in [0.717, 1.165) is 0 Å². The summed E-state index contributed by atoms with van der Waals surface area (Å²) in [6.07, 6.45) is 0. The van der Waals surface area contributed by atoms with Crippen LogP contribution in [0.4, 0.5) is 10.1 Å². The van der Waals surface area contributed by atoms with E-state index in [1.165, 1.54) is 12.1 Å². The Bertz CT molecular complexity index is 340. The van der Waals surface area contributed by atoms with Gasteiger partial charge in [-0.3, -0.25) is 4.79 Å². The van der Waals surface area contributed by atoms with Crippen molar-refractivity contribution in [2.24, 2.45) is 5.73 Å². The molecule has 0 aliphatic heterocycles. The molecule has 0 radical (unpaired) electrons. The molecule has 0 heterocycles. The van der Waals surface area contributed by atoms with Crippen LogP contribution in [0.1, 0.15) is 10.4 Å². The summed E-state index contributed by atoms with van der Waals surface area (Å²) >= 11 is 5.47. The summed E-state index contributed by atoms with van der Waals surface area (Å²) in [7, 11) is 0. The van der Waals surface area contributed by atoms with E-state index in [-0.39, 0.29) is 16.3 Å². The molecule has 0 bridgehead atoms. The molecule has 0 spiro atoms. The molecule has 5 heteroatoms. The lowest BCUT2D eigenvalue weighted by Crippen LogP contribution is -2.14. The fourth-order valence-corrected chi connectivity index (χ4v) is 0.906. The third-order valence-electron chi connectivity index (χ3n) is 1.39. The Morgan fingerprint density at radius 1 is 1.50 bits per heavy atom. The molecule has 0 saturated carbocycles. The Morgan fingerprint density at radius 3 is 2.58 bits per heavy atom. The number of carbonyl (C=O) groups is 1. The lowest BCUT2D eigenvalue weighted by atomic mass is 10.2. The van der Waals surface area contributed by atoms with Crippen LogP contribution in [0.25, 0.3) is 0 Å². The van der Waals surface area contributed by atoms with Gasteiger partial charge in [-0.05, 0) is 12.1 Å². The number of nitrogen functional groups attached to an aromatic ring is 1. The average molecular weight is 189 g/mol. The van der Waals surface area contributed by atoms with Crippen LogP contribution in [0.15, 0.2) is 12.1 Å². The molecule has 1 aromatic carbocycles. The Morgan fingerprint density at radius 2 is 2.08 bits per heavy atom. The van der Waals surface area contributed by atoms with E-state index in [0.29, 0.717) is 0 Å². The van der Waals surface area contributed by atoms with Crippen molar-refractivity contribution in [1.82, 2.24) is 0 Å². The molecule has 1 rings (SSSR count). The highest BCUT2D eigenvalue weighted by atomic mass is 35.5. The third-order valence-corrected chi connectivity index (χ3v) is 1.72. The summed E-state index contributed by atoms with van der Waals surface area (Å²) in [5, 5.41) is 0.0671. The molecule has 0 aliphatic rings. The van der Waals surface area contributed by atoms with Gasteiger partial charge < -0.3 is 11.5 Å². The maximum absolute atomic E-state index is 13.0. The number of hydrogen-bond acceptors (Lipinski definition) is 2. The van der Waals surface area contributed by atoms with E-state index in [1.807, 2.05) is 0 Å². The predicted molar refractivity (Wildman–Crippen MR) is 44.3 cm³/mol. The van der Waals surface area contributed by atoms with Gasteiger partial charge in [0.1, 0.15) is 0 Å². The first-order valence-electron chi connectivity index (χ1n) is 3.07. The van der Waals surface area contributed by atoms with E-state index in [4.69, 9.17) is 23.1 Å². The van der Waals surface area contributed by atoms with Gasteiger partial charge in [0.15, 0.2) is 5.82 Å². The van der Waals surface area contributed by atoms with E-state index in [1.54, 1.807) is 0 Å². The summed E-state index contributed by atoms with van der Waals surface area (Å²) in [4.78, 5) is 10.6. The highest BCUT2D eigenvalue weighted by Crippen LogP contribution is 2.23. The summed E-state index contributed by atoms with van der Waals surface area (Å²) < 4.78 is 13.0. The zero-order valence-electron chi connectivity index (χ0n) is 5.97. The van der Waals surface area contributed by atoms with Gasteiger partial charge in [-0.1, -0.05) is 11.6 Å². The molecule has 0 aliphatic carbocycles. The molecule has 64 valence electrons. The number of primary amides is 1. The lowest BCUT2D eigenvalue weighted by Gasteiger charge is -2.02. The SMILES string of the molecule is NC(=O)c1ccc(Cl)c(N)c1F. The molecule has 4 N–H and O–H groups in total. The second kappa shape index (κ2) is 2.98. The molecule has 0 saturated heterocycles. The second-order valence-electron chi connectivity index (χ2n) is 2.19. The predicted octanol–water partition coefficient (Wildman–Crippen LogP) is 1.16. The number of amides is 1. The maximum Gasteiger partial charge on any atom is 0.251 e. The molecular formula is C7H6ClFN2O. The number of benzene rings is 1. The minimum absolute atomic E-state index is 0.0671. The smallest absolute Gasteiger partial charge is 0.251 e. The van der Waals surface area contributed by atoms with E-state index < -0.39 is 11.7 Å². The standard InChI is InChI=1S/C7H6ClFN2O/c8-4-2-1-3(7(11)12)5(9)6(4)10/h1-2H,10H2,(H2,11,12). The molecule has 0 aromatic heterocycles. The molecule has 0 atom stereocenters. The van der Waals surface area contributed by atoms with Crippen LogP contribution in [0.5, 0.6) is 0 Å². The fourth-order valence-electron chi connectivity index (χ4n) is 0.760. The van der Waals surface area contributed by atoms with Crippen molar-refractivity contribution >= 4 is 23.2 Å². The quantitative estimate of drug-likeness (QED) is 0.650. The number of rotatable bonds is 1. The first-order chi connectivity index (χ1) is 5.54. The molecule has 0 fully saturated rings. The van der Waals surface area contributed by atoms with Crippen LogP contribution in [-0.2, 0) is 0 Å².